The van der Waals surface area contributed by atoms with Gasteiger partial charge in [0.15, 0.2) is 0 Å². The first-order valence-electron chi connectivity index (χ1n) is 4.30. The normalized spacial score (nSPS) is 11.6. The summed E-state index contributed by atoms with van der Waals surface area (Å²) in [5, 5.41) is 0. The van der Waals surface area contributed by atoms with Gasteiger partial charge >= 0.3 is 0 Å². The fraction of sp³-hybridized carbons (Fsp3) is 0.400. The molecule has 0 atom stereocenters. The van der Waals surface area contributed by atoms with Gasteiger partial charge in [-0.15, -0.1) is 0 Å². The van der Waals surface area contributed by atoms with Crippen LogP contribution in [0.1, 0.15) is 19.4 Å². The molecule has 1 rings (SSSR count). The Morgan fingerprint density at radius 2 is 1.69 bits per heavy atom. The van der Waals surface area contributed by atoms with Gasteiger partial charge in [-0.2, -0.15) is 0 Å². The zero-order chi connectivity index (χ0) is 9.90. The first-order chi connectivity index (χ1) is 6.10. The van der Waals surface area contributed by atoms with Crippen molar-refractivity contribution in [3.05, 3.63) is 29.8 Å². The van der Waals surface area contributed by atoms with Gasteiger partial charge in [-0.25, -0.2) is 0 Å². The van der Waals surface area contributed by atoms with Crippen molar-refractivity contribution in [1.82, 2.24) is 0 Å². The quantitative estimate of drug-likeness (QED) is 0.677. The van der Waals surface area contributed by atoms with E-state index in [9.17, 15) is 0 Å². The first-order valence-corrected chi connectivity index (χ1v) is 5.11. The average Bonchev–Trinajstić information content (AvgIpc) is 2.18. The Morgan fingerprint density at radius 3 is 2.08 bits per heavy atom. The van der Waals surface area contributed by atoms with Crippen LogP contribution in [0.2, 0.25) is 0 Å². The number of rotatable bonds is 3. The molecular weight excluding hydrogens is 180 g/mol. The second-order valence-electron chi connectivity index (χ2n) is 3.44. The van der Waals surface area contributed by atoms with E-state index in [1.54, 1.807) is 7.11 Å². The van der Waals surface area contributed by atoms with Crippen LogP contribution in [0, 0.1) is 0 Å². The first kappa shape index (κ1) is 10.3. The Kier molecular flexibility index (Phi) is 3.11. The fourth-order valence-corrected chi connectivity index (χ4v) is 1.35. The molecule has 0 spiro atoms. The van der Waals surface area contributed by atoms with Gasteiger partial charge in [0.2, 0.25) is 0 Å². The van der Waals surface area contributed by atoms with Gasteiger partial charge in [-0.3, -0.25) is 0 Å². The molecule has 1 aromatic rings. The van der Waals surface area contributed by atoms with E-state index in [-0.39, 0.29) is 5.60 Å². The highest BCUT2D eigenvalue weighted by Gasteiger charge is 2.17. The third kappa shape index (κ3) is 2.32. The highest BCUT2D eigenvalue weighted by Crippen LogP contribution is 2.24. The monoisotopic (exact) mass is 196 g/mol. The van der Waals surface area contributed by atoms with Gasteiger partial charge in [0.1, 0.15) is 16.2 Å². The third-order valence-electron chi connectivity index (χ3n) is 2.30. The lowest BCUT2D eigenvalue weighted by Gasteiger charge is -2.24. The minimum absolute atomic E-state index is 0.168. The van der Waals surface area contributed by atoms with Gasteiger partial charge < -0.3 is 9.16 Å². The zero-order valence-electron chi connectivity index (χ0n) is 8.63. The van der Waals surface area contributed by atoms with Crippen LogP contribution in [0.3, 0.4) is 0 Å². The summed E-state index contributed by atoms with van der Waals surface area (Å²) >= 11 is 0. The molecule has 0 aliphatic heterocycles. The van der Waals surface area contributed by atoms with Crippen molar-refractivity contribution in [2.75, 3.05) is 7.11 Å². The number of hydrogen-bond donors (Lipinski definition) is 0. The van der Waals surface area contributed by atoms with Crippen LogP contribution in [-0.4, -0.2) is 17.6 Å². The molecule has 0 saturated carbocycles. The Bertz CT molecular complexity index is 267. The molecule has 0 amide bonds. The second-order valence-corrected chi connectivity index (χ2v) is 3.85. The van der Waals surface area contributed by atoms with Crippen molar-refractivity contribution in [3.8, 4) is 5.75 Å². The minimum Gasteiger partial charge on any atom is -0.497 e. The zero-order valence-corrected chi connectivity index (χ0v) is 10.6. The SMILES string of the molecule is COc1ccc(C(C)(C)O[SiH3])cc1. The Hall–Kier alpha value is -0.803. The molecule has 3 heteroatoms. The Labute approximate surface area is 82.4 Å². The number of methoxy groups -OCH3 is 1. The van der Waals surface area contributed by atoms with E-state index in [4.69, 9.17) is 9.16 Å². The van der Waals surface area contributed by atoms with E-state index in [0.717, 1.165) is 16.2 Å². The molecule has 0 radical (unpaired) electrons. The van der Waals surface area contributed by atoms with Crippen molar-refractivity contribution in [1.29, 1.82) is 0 Å². The summed E-state index contributed by atoms with van der Waals surface area (Å²) in [6, 6.07) is 7.99. The standard InChI is InChI=1S/C10H16O2Si/c1-10(2,12-13)8-4-6-9(11-3)7-5-8/h4-7H,1-3,13H3. The van der Waals surface area contributed by atoms with Crippen LogP contribution < -0.4 is 4.74 Å². The predicted molar refractivity (Wildman–Crippen MR) is 57.0 cm³/mol. The van der Waals surface area contributed by atoms with E-state index >= 15 is 0 Å². The van der Waals surface area contributed by atoms with Crippen LogP contribution in [0.25, 0.3) is 0 Å². The molecule has 0 unspecified atom stereocenters. The predicted octanol–water partition coefficient (Wildman–Crippen LogP) is 1.23. The van der Waals surface area contributed by atoms with E-state index in [0.29, 0.717) is 0 Å². The van der Waals surface area contributed by atoms with E-state index < -0.39 is 0 Å². The topological polar surface area (TPSA) is 18.5 Å². The molecule has 0 fully saturated rings. The minimum atomic E-state index is -0.168. The lowest BCUT2D eigenvalue weighted by molar-refractivity contribution is 0.123. The molecule has 72 valence electrons. The third-order valence-corrected chi connectivity index (χ3v) is 3.32. The molecule has 0 aromatic heterocycles. The Balaban J connectivity index is 2.92. The van der Waals surface area contributed by atoms with Crippen molar-refractivity contribution >= 4 is 10.5 Å². The highest BCUT2D eigenvalue weighted by atomic mass is 28.2. The van der Waals surface area contributed by atoms with Gasteiger partial charge in [0.25, 0.3) is 0 Å². The Morgan fingerprint density at radius 1 is 1.15 bits per heavy atom. The van der Waals surface area contributed by atoms with E-state index in [2.05, 4.69) is 13.8 Å². The van der Waals surface area contributed by atoms with Crippen LogP contribution >= 0.6 is 0 Å². The van der Waals surface area contributed by atoms with Gasteiger partial charge in [-0.05, 0) is 31.5 Å². The summed E-state index contributed by atoms with van der Waals surface area (Å²) in [7, 11) is 2.42. The lowest BCUT2D eigenvalue weighted by Crippen LogP contribution is -2.19. The maximum Gasteiger partial charge on any atom is 0.147 e. The molecule has 0 bridgehead atoms. The van der Waals surface area contributed by atoms with Gasteiger partial charge in [0, 0.05) is 0 Å². The molecule has 1 aromatic carbocycles. The van der Waals surface area contributed by atoms with Crippen molar-refractivity contribution in [2.45, 2.75) is 19.4 Å². The lowest BCUT2D eigenvalue weighted by atomic mass is 9.99. The van der Waals surface area contributed by atoms with Crippen LogP contribution in [0.5, 0.6) is 5.75 Å². The van der Waals surface area contributed by atoms with Gasteiger partial charge in [-0.1, -0.05) is 12.1 Å². The van der Waals surface area contributed by atoms with Crippen molar-refractivity contribution < 1.29 is 9.16 Å². The number of benzene rings is 1. The van der Waals surface area contributed by atoms with Crippen molar-refractivity contribution in [3.63, 3.8) is 0 Å². The summed E-state index contributed by atoms with van der Waals surface area (Å²) in [5.41, 5.74) is 1.02. The largest absolute Gasteiger partial charge is 0.497 e. The van der Waals surface area contributed by atoms with Crippen molar-refractivity contribution in [2.24, 2.45) is 0 Å². The molecule has 0 aliphatic rings. The van der Waals surface area contributed by atoms with E-state index in [1.807, 2.05) is 24.3 Å². The second kappa shape index (κ2) is 3.94. The summed E-state index contributed by atoms with van der Waals surface area (Å²) < 4.78 is 10.6. The summed E-state index contributed by atoms with van der Waals surface area (Å²) in [4.78, 5) is 0. The average molecular weight is 196 g/mol. The maximum atomic E-state index is 5.50. The fourth-order valence-electron chi connectivity index (χ4n) is 1.11. The smallest absolute Gasteiger partial charge is 0.147 e. The van der Waals surface area contributed by atoms with Crippen LogP contribution in [0.4, 0.5) is 0 Å². The number of hydrogen-bond acceptors (Lipinski definition) is 2. The molecule has 0 heterocycles. The molecule has 0 saturated heterocycles. The molecule has 0 N–H and O–H groups in total. The highest BCUT2D eigenvalue weighted by molar-refractivity contribution is 5.98. The molecule has 13 heavy (non-hydrogen) atoms. The van der Waals surface area contributed by atoms with Crippen LogP contribution in [0.15, 0.2) is 24.3 Å². The summed E-state index contributed by atoms with van der Waals surface area (Å²) in [6.45, 7) is 4.14. The van der Waals surface area contributed by atoms with Gasteiger partial charge in [0.05, 0.1) is 12.7 Å². The molecule has 0 aliphatic carbocycles. The number of ether oxygens (including phenoxy) is 1. The van der Waals surface area contributed by atoms with Crippen LogP contribution in [-0.2, 0) is 10.0 Å². The van der Waals surface area contributed by atoms with E-state index in [1.165, 1.54) is 5.56 Å². The molecular formula is C10H16O2Si. The summed E-state index contributed by atoms with van der Waals surface area (Å²) in [6.07, 6.45) is 0. The maximum absolute atomic E-state index is 5.50. The summed E-state index contributed by atoms with van der Waals surface area (Å²) in [5.74, 6) is 0.882. The molecule has 2 nitrogen and oxygen atoms in total.